The molecule has 0 saturated heterocycles. The first kappa shape index (κ1) is 20.4. The fourth-order valence-electron chi connectivity index (χ4n) is 3.11. The van der Waals surface area contributed by atoms with Crippen molar-refractivity contribution in [1.29, 1.82) is 0 Å². The van der Waals surface area contributed by atoms with E-state index in [2.05, 4.69) is 5.32 Å². The SMILES string of the molecule is Cc1ccccc1SCC(=O)O[C@@H](C)C(=O)Nc1sc2c(c1C(N)=O)CCC2. The molecule has 3 rings (SSSR count). The van der Waals surface area contributed by atoms with Crippen LogP contribution in [0.25, 0.3) is 0 Å². The Morgan fingerprint density at radius 3 is 2.75 bits per heavy atom. The molecule has 0 bridgehead atoms. The third-order valence-electron chi connectivity index (χ3n) is 4.52. The second-order valence-electron chi connectivity index (χ2n) is 6.60. The quantitative estimate of drug-likeness (QED) is 0.531. The average molecular weight is 419 g/mol. The van der Waals surface area contributed by atoms with E-state index < -0.39 is 23.9 Å². The fraction of sp³-hybridized carbons (Fsp3) is 0.350. The van der Waals surface area contributed by atoms with Crippen LogP contribution in [0.3, 0.4) is 0 Å². The van der Waals surface area contributed by atoms with Crippen LogP contribution in [-0.4, -0.2) is 29.6 Å². The van der Waals surface area contributed by atoms with Gasteiger partial charge in [-0.25, -0.2) is 0 Å². The van der Waals surface area contributed by atoms with E-state index in [1.807, 2.05) is 31.2 Å². The molecule has 3 N–H and O–H groups in total. The maximum Gasteiger partial charge on any atom is 0.317 e. The van der Waals surface area contributed by atoms with Crippen molar-refractivity contribution in [3.8, 4) is 0 Å². The molecule has 0 saturated carbocycles. The standard InChI is InChI=1S/C20H22N2O4S2/c1-11-6-3-4-8-14(11)27-10-16(23)26-12(2)19(25)22-20-17(18(21)24)13-7-5-9-15(13)28-20/h3-4,6,8,12H,5,7,9-10H2,1-2H3,(H2,21,24)(H,22,25)/t12-/m0/s1. The average Bonchev–Trinajstić information content (AvgIpc) is 3.21. The summed E-state index contributed by atoms with van der Waals surface area (Å²) in [6.45, 7) is 3.48. The summed E-state index contributed by atoms with van der Waals surface area (Å²) in [5.74, 6) is -1.38. The number of carbonyl (C=O) groups excluding carboxylic acids is 3. The fourth-order valence-corrected chi connectivity index (χ4v) is 5.22. The van der Waals surface area contributed by atoms with Crippen LogP contribution in [-0.2, 0) is 27.2 Å². The van der Waals surface area contributed by atoms with Crippen molar-refractivity contribution in [2.24, 2.45) is 5.73 Å². The molecular weight excluding hydrogens is 396 g/mol. The van der Waals surface area contributed by atoms with Gasteiger partial charge in [0.05, 0.1) is 11.3 Å². The Kier molecular flexibility index (Phi) is 6.41. The van der Waals surface area contributed by atoms with Gasteiger partial charge in [0.1, 0.15) is 5.00 Å². The third kappa shape index (κ3) is 4.56. The van der Waals surface area contributed by atoms with Crippen LogP contribution in [0, 0.1) is 6.92 Å². The molecule has 28 heavy (non-hydrogen) atoms. The Labute approximate surface area is 171 Å². The van der Waals surface area contributed by atoms with Crippen LogP contribution >= 0.6 is 23.1 Å². The summed E-state index contributed by atoms with van der Waals surface area (Å²) in [5.41, 5.74) is 7.90. The van der Waals surface area contributed by atoms with Crippen molar-refractivity contribution in [3.63, 3.8) is 0 Å². The molecule has 1 aromatic carbocycles. The predicted molar refractivity (Wildman–Crippen MR) is 111 cm³/mol. The summed E-state index contributed by atoms with van der Waals surface area (Å²) >= 11 is 2.74. The van der Waals surface area contributed by atoms with E-state index in [0.29, 0.717) is 10.6 Å². The first-order chi connectivity index (χ1) is 13.4. The smallest absolute Gasteiger partial charge is 0.317 e. The van der Waals surface area contributed by atoms with E-state index in [0.717, 1.165) is 40.2 Å². The maximum atomic E-state index is 12.4. The molecule has 1 atom stereocenters. The Hall–Kier alpha value is -2.32. The molecule has 0 unspecified atom stereocenters. The van der Waals surface area contributed by atoms with Crippen molar-refractivity contribution in [3.05, 3.63) is 45.8 Å². The van der Waals surface area contributed by atoms with Gasteiger partial charge in [-0.05, 0) is 50.3 Å². The molecule has 8 heteroatoms. The number of fused-ring (bicyclic) bond motifs is 1. The lowest BCUT2D eigenvalue weighted by Gasteiger charge is -2.14. The monoisotopic (exact) mass is 418 g/mol. The van der Waals surface area contributed by atoms with Crippen LogP contribution in [0.15, 0.2) is 29.2 Å². The van der Waals surface area contributed by atoms with Crippen LogP contribution in [0.4, 0.5) is 5.00 Å². The van der Waals surface area contributed by atoms with Gasteiger partial charge in [0.15, 0.2) is 6.10 Å². The largest absolute Gasteiger partial charge is 0.452 e. The summed E-state index contributed by atoms with van der Waals surface area (Å²) in [6.07, 6.45) is 1.70. The number of nitrogens with one attached hydrogen (secondary N) is 1. The number of thioether (sulfide) groups is 1. The van der Waals surface area contributed by atoms with Gasteiger partial charge >= 0.3 is 5.97 Å². The Morgan fingerprint density at radius 1 is 1.29 bits per heavy atom. The van der Waals surface area contributed by atoms with Gasteiger partial charge in [0.25, 0.3) is 11.8 Å². The lowest BCUT2D eigenvalue weighted by molar-refractivity contribution is -0.150. The highest BCUT2D eigenvalue weighted by molar-refractivity contribution is 8.00. The molecule has 0 fully saturated rings. The van der Waals surface area contributed by atoms with E-state index >= 15 is 0 Å². The topological polar surface area (TPSA) is 98.5 Å². The summed E-state index contributed by atoms with van der Waals surface area (Å²) < 4.78 is 5.24. The molecule has 1 aromatic heterocycles. The van der Waals surface area contributed by atoms with E-state index in [9.17, 15) is 14.4 Å². The van der Waals surface area contributed by atoms with Crippen LogP contribution in [0.2, 0.25) is 0 Å². The summed E-state index contributed by atoms with van der Waals surface area (Å²) in [7, 11) is 0. The second kappa shape index (κ2) is 8.79. The molecule has 1 aliphatic carbocycles. The minimum Gasteiger partial charge on any atom is -0.452 e. The number of esters is 1. The summed E-state index contributed by atoms with van der Waals surface area (Å²) in [5, 5.41) is 3.15. The number of primary amides is 1. The lowest BCUT2D eigenvalue weighted by Crippen LogP contribution is -2.31. The summed E-state index contributed by atoms with van der Waals surface area (Å²) in [4.78, 5) is 38.4. The molecule has 1 heterocycles. The maximum absolute atomic E-state index is 12.4. The number of hydrogen-bond acceptors (Lipinski definition) is 6. The number of aryl methyl sites for hydroxylation is 2. The van der Waals surface area contributed by atoms with Gasteiger partial charge in [-0.15, -0.1) is 23.1 Å². The van der Waals surface area contributed by atoms with Gasteiger partial charge in [-0.3, -0.25) is 14.4 Å². The highest BCUT2D eigenvalue weighted by Gasteiger charge is 2.27. The van der Waals surface area contributed by atoms with E-state index in [4.69, 9.17) is 10.5 Å². The number of thiophene rings is 1. The van der Waals surface area contributed by atoms with Gasteiger partial charge in [0.2, 0.25) is 0 Å². The molecule has 2 aromatic rings. The molecule has 0 aliphatic heterocycles. The van der Waals surface area contributed by atoms with Gasteiger partial charge < -0.3 is 15.8 Å². The highest BCUT2D eigenvalue weighted by Crippen LogP contribution is 2.38. The van der Waals surface area contributed by atoms with Crippen LogP contribution in [0.1, 0.15) is 39.7 Å². The van der Waals surface area contributed by atoms with Crippen LogP contribution in [0.5, 0.6) is 0 Å². The zero-order valence-electron chi connectivity index (χ0n) is 15.7. The number of ether oxygens (including phenoxy) is 1. The predicted octanol–water partition coefficient (Wildman–Crippen LogP) is 3.31. The third-order valence-corrected chi connectivity index (χ3v) is 6.88. The first-order valence-corrected chi connectivity index (χ1v) is 10.8. The van der Waals surface area contributed by atoms with Gasteiger partial charge in [0, 0.05) is 9.77 Å². The van der Waals surface area contributed by atoms with Crippen molar-refractivity contribution in [2.75, 3.05) is 11.1 Å². The molecule has 0 radical (unpaired) electrons. The molecular formula is C20H22N2O4S2. The molecule has 1 aliphatic rings. The minimum absolute atomic E-state index is 0.113. The van der Waals surface area contributed by atoms with E-state index in [1.54, 1.807) is 0 Å². The highest BCUT2D eigenvalue weighted by atomic mass is 32.2. The number of nitrogens with two attached hydrogens (primary N) is 1. The van der Waals surface area contributed by atoms with Gasteiger partial charge in [-0.1, -0.05) is 18.2 Å². The van der Waals surface area contributed by atoms with Crippen LogP contribution < -0.4 is 11.1 Å². The number of benzene rings is 1. The number of amides is 2. The zero-order valence-corrected chi connectivity index (χ0v) is 17.4. The molecule has 6 nitrogen and oxygen atoms in total. The van der Waals surface area contributed by atoms with Gasteiger partial charge in [-0.2, -0.15) is 0 Å². The van der Waals surface area contributed by atoms with E-state index in [1.165, 1.54) is 30.0 Å². The van der Waals surface area contributed by atoms with Crippen molar-refractivity contribution < 1.29 is 19.1 Å². The minimum atomic E-state index is -0.970. The lowest BCUT2D eigenvalue weighted by atomic mass is 10.1. The number of rotatable bonds is 7. The van der Waals surface area contributed by atoms with Crippen molar-refractivity contribution in [2.45, 2.75) is 44.1 Å². The molecule has 0 spiro atoms. The normalized spacial score (nSPS) is 13.6. The Balaban J connectivity index is 1.57. The van der Waals surface area contributed by atoms with E-state index in [-0.39, 0.29) is 5.75 Å². The number of hydrogen-bond donors (Lipinski definition) is 2. The number of anilines is 1. The van der Waals surface area contributed by atoms with Crippen molar-refractivity contribution >= 4 is 45.9 Å². The first-order valence-electron chi connectivity index (χ1n) is 9.00. The second-order valence-corrected chi connectivity index (χ2v) is 8.72. The van der Waals surface area contributed by atoms with Crippen molar-refractivity contribution in [1.82, 2.24) is 0 Å². The Morgan fingerprint density at radius 2 is 2.04 bits per heavy atom. The zero-order chi connectivity index (χ0) is 20.3. The molecule has 2 amide bonds. The molecule has 148 valence electrons. The Bertz CT molecular complexity index is 923. The number of carbonyl (C=O) groups is 3. The summed E-state index contributed by atoms with van der Waals surface area (Å²) in [6, 6.07) is 7.75.